The van der Waals surface area contributed by atoms with E-state index in [4.69, 9.17) is 4.42 Å². The molecule has 2 heterocycles. The Balaban J connectivity index is 1.42. The Kier molecular flexibility index (Phi) is 4.90. The lowest BCUT2D eigenvalue weighted by atomic mass is 10.2. The van der Waals surface area contributed by atoms with Gasteiger partial charge in [-0.05, 0) is 55.0 Å². The highest BCUT2D eigenvalue weighted by Gasteiger charge is 2.16. The predicted molar refractivity (Wildman–Crippen MR) is 107 cm³/mol. The number of aromatic nitrogens is 3. The van der Waals surface area contributed by atoms with Crippen molar-refractivity contribution in [3.63, 3.8) is 0 Å². The van der Waals surface area contributed by atoms with Gasteiger partial charge in [0, 0.05) is 11.4 Å². The fourth-order valence-corrected chi connectivity index (χ4v) is 2.71. The molecule has 2 amide bonds. The van der Waals surface area contributed by atoms with E-state index in [2.05, 4.69) is 20.7 Å². The van der Waals surface area contributed by atoms with Crippen molar-refractivity contribution in [1.82, 2.24) is 14.8 Å². The van der Waals surface area contributed by atoms with Crippen LogP contribution in [0.25, 0.3) is 5.69 Å². The molecular formula is C21H17N5O3. The van der Waals surface area contributed by atoms with E-state index in [0.717, 1.165) is 11.3 Å². The third kappa shape index (κ3) is 4.06. The van der Waals surface area contributed by atoms with Gasteiger partial charge in [-0.25, -0.2) is 9.67 Å². The van der Waals surface area contributed by atoms with Gasteiger partial charge in [0.25, 0.3) is 11.8 Å². The first-order valence-electron chi connectivity index (χ1n) is 8.83. The molecular weight excluding hydrogens is 370 g/mol. The third-order valence-corrected chi connectivity index (χ3v) is 4.26. The molecule has 0 saturated heterocycles. The van der Waals surface area contributed by atoms with Crippen LogP contribution in [0.5, 0.6) is 0 Å². The fraction of sp³-hybridized carbons (Fsp3) is 0.0476. The standard InChI is InChI=1S/C21H17N5O3/c1-14-4-2-3-5-17(14)25-21(28)19-11-10-18(29-19)20(27)24-15-6-8-16(9-7-15)26-13-22-12-23-26/h2-13H,1H3,(H,24,27)(H,25,28). The number of aryl methyl sites for hydroxylation is 1. The van der Waals surface area contributed by atoms with Gasteiger partial charge >= 0.3 is 0 Å². The molecule has 0 aliphatic carbocycles. The number of carbonyl (C=O) groups excluding carboxylic acids is 2. The minimum Gasteiger partial charge on any atom is -0.446 e. The summed E-state index contributed by atoms with van der Waals surface area (Å²) in [5.74, 6) is -0.774. The molecule has 0 radical (unpaired) electrons. The third-order valence-electron chi connectivity index (χ3n) is 4.26. The van der Waals surface area contributed by atoms with Gasteiger partial charge in [0.05, 0.1) is 5.69 Å². The first kappa shape index (κ1) is 18.2. The monoisotopic (exact) mass is 387 g/mol. The number of hydrogen-bond donors (Lipinski definition) is 2. The summed E-state index contributed by atoms with van der Waals surface area (Å²) in [6.07, 6.45) is 3.03. The molecule has 4 rings (SSSR count). The molecule has 0 spiro atoms. The van der Waals surface area contributed by atoms with Gasteiger partial charge in [-0.2, -0.15) is 5.10 Å². The molecule has 0 bridgehead atoms. The molecule has 0 saturated carbocycles. The van der Waals surface area contributed by atoms with Crippen LogP contribution < -0.4 is 10.6 Å². The lowest BCUT2D eigenvalue weighted by molar-refractivity contribution is 0.0974. The number of anilines is 2. The summed E-state index contributed by atoms with van der Waals surface area (Å²) in [6, 6.07) is 17.4. The molecule has 29 heavy (non-hydrogen) atoms. The normalized spacial score (nSPS) is 10.5. The van der Waals surface area contributed by atoms with Gasteiger partial charge in [-0.1, -0.05) is 18.2 Å². The molecule has 144 valence electrons. The summed E-state index contributed by atoms with van der Waals surface area (Å²) in [4.78, 5) is 28.7. The van der Waals surface area contributed by atoms with E-state index in [1.807, 2.05) is 25.1 Å². The molecule has 8 nitrogen and oxygen atoms in total. The second-order valence-corrected chi connectivity index (χ2v) is 6.27. The van der Waals surface area contributed by atoms with E-state index in [-0.39, 0.29) is 11.5 Å². The highest BCUT2D eigenvalue weighted by atomic mass is 16.4. The average Bonchev–Trinajstić information content (AvgIpc) is 3.43. The summed E-state index contributed by atoms with van der Waals surface area (Å²) in [6.45, 7) is 1.89. The summed E-state index contributed by atoms with van der Waals surface area (Å²) in [5.41, 5.74) is 3.02. The molecule has 0 fully saturated rings. The average molecular weight is 387 g/mol. The Hall–Kier alpha value is -4.20. The van der Waals surface area contributed by atoms with Crippen LogP contribution >= 0.6 is 0 Å². The number of rotatable bonds is 5. The summed E-state index contributed by atoms with van der Waals surface area (Å²) in [7, 11) is 0. The van der Waals surface area contributed by atoms with Gasteiger partial charge in [-0.15, -0.1) is 0 Å². The van der Waals surface area contributed by atoms with Crippen LogP contribution in [0.1, 0.15) is 26.7 Å². The Labute approximate surface area is 166 Å². The number of amides is 2. The first-order chi connectivity index (χ1) is 14.1. The summed E-state index contributed by atoms with van der Waals surface area (Å²) < 4.78 is 7.04. The number of hydrogen-bond acceptors (Lipinski definition) is 5. The SMILES string of the molecule is Cc1ccccc1NC(=O)c1ccc(C(=O)Nc2ccc(-n3cncn3)cc2)o1. The van der Waals surface area contributed by atoms with E-state index in [1.165, 1.54) is 18.5 Å². The molecule has 0 atom stereocenters. The van der Waals surface area contributed by atoms with Gasteiger partial charge in [0.2, 0.25) is 0 Å². The number of para-hydroxylation sites is 1. The van der Waals surface area contributed by atoms with Crippen molar-refractivity contribution >= 4 is 23.2 Å². The topological polar surface area (TPSA) is 102 Å². The smallest absolute Gasteiger partial charge is 0.291 e. The lowest BCUT2D eigenvalue weighted by Crippen LogP contribution is -2.13. The number of carbonyl (C=O) groups is 2. The molecule has 0 unspecified atom stereocenters. The van der Waals surface area contributed by atoms with Crippen molar-refractivity contribution in [2.75, 3.05) is 10.6 Å². The maximum Gasteiger partial charge on any atom is 0.291 e. The summed E-state index contributed by atoms with van der Waals surface area (Å²) >= 11 is 0. The van der Waals surface area contributed by atoms with Crippen LogP contribution in [0.15, 0.2) is 77.7 Å². The number of furan rings is 1. The van der Waals surface area contributed by atoms with Crippen molar-refractivity contribution in [2.45, 2.75) is 6.92 Å². The Morgan fingerprint density at radius 1 is 0.897 bits per heavy atom. The van der Waals surface area contributed by atoms with Crippen molar-refractivity contribution in [1.29, 1.82) is 0 Å². The first-order valence-corrected chi connectivity index (χ1v) is 8.83. The largest absolute Gasteiger partial charge is 0.446 e. The maximum absolute atomic E-state index is 12.4. The predicted octanol–water partition coefficient (Wildman–Crippen LogP) is 3.67. The zero-order valence-corrected chi connectivity index (χ0v) is 15.5. The van der Waals surface area contributed by atoms with Gasteiger partial charge in [0.15, 0.2) is 11.5 Å². The van der Waals surface area contributed by atoms with Gasteiger partial charge in [0.1, 0.15) is 12.7 Å². The highest BCUT2D eigenvalue weighted by molar-refractivity contribution is 6.05. The van der Waals surface area contributed by atoms with Crippen LogP contribution in [0, 0.1) is 6.92 Å². The van der Waals surface area contributed by atoms with Gasteiger partial charge in [-0.3, -0.25) is 9.59 Å². The molecule has 8 heteroatoms. The Morgan fingerprint density at radius 3 is 2.24 bits per heavy atom. The zero-order chi connectivity index (χ0) is 20.2. The van der Waals surface area contributed by atoms with E-state index in [9.17, 15) is 9.59 Å². The van der Waals surface area contributed by atoms with Crippen molar-refractivity contribution in [2.24, 2.45) is 0 Å². The molecule has 0 aliphatic heterocycles. The second-order valence-electron chi connectivity index (χ2n) is 6.27. The number of nitrogens with one attached hydrogen (secondary N) is 2. The second kappa shape index (κ2) is 7.81. The van der Waals surface area contributed by atoms with Gasteiger partial charge < -0.3 is 15.1 Å². The van der Waals surface area contributed by atoms with Crippen LogP contribution in [0.3, 0.4) is 0 Å². The lowest BCUT2D eigenvalue weighted by Gasteiger charge is -2.06. The summed E-state index contributed by atoms with van der Waals surface area (Å²) in [5, 5.41) is 9.55. The minimum atomic E-state index is -0.451. The van der Waals surface area contributed by atoms with Crippen LogP contribution in [0.2, 0.25) is 0 Å². The van der Waals surface area contributed by atoms with Crippen molar-refractivity contribution < 1.29 is 14.0 Å². The number of nitrogens with zero attached hydrogens (tertiary/aromatic N) is 3. The Bertz CT molecular complexity index is 1150. The van der Waals surface area contributed by atoms with E-state index >= 15 is 0 Å². The van der Waals surface area contributed by atoms with E-state index < -0.39 is 11.8 Å². The molecule has 2 aromatic heterocycles. The van der Waals surface area contributed by atoms with Crippen molar-refractivity contribution in [3.8, 4) is 5.69 Å². The molecule has 2 aromatic carbocycles. The Morgan fingerprint density at radius 2 is 1.59 bits per heavy atom. The minimum absolute atomic E-state index is 0.0419. The van der Waals surface area contributed by atoms with E-state index in [1.54, 1.807) is 41.3 Å². The molecule has 4 aromatic rings. The fourth-order valence-electron chi connectivity index (χ4n) is 2.71. The maximum atomic E-state index is 12.4. The highest BCUT2D eigenvalue weighted by Crippen LogP contribution is 2.17. The van der Waals surface area contributed by atoms with E-state index in [0.29, 0.717) is 11.4 Å². The van der Waals surface area contributed by atoms with Crippen LogP contribution in [0.4, 0.5) is 11.4 Å². The number of benzene rings is 2. The van der Waals surface area contributed by atoms with Crippen molar-refractivity contribution in [3.05, 3.63) is 90.4 Å². The molecule has 0 aliphatic rings. The van der Waals surface area contributed by atoms with Crippen LogP contribution in [-0.4, -0.2) is 26.6 Å². The molecule has 2 N–H and O–H groups in total. The van der Waals surface area contributed by atoms with Crippen LogP contribution in [-0.2, 0) is 0 Å². The zero-order valence-electron chi connectivity index (χ0n) is 15.5. The quantitative estimate of drug-likeness (QED) is 0.544.